The van der Waals surface area contributed by atoms with Crippen molar-refractivity contribution in [3.8, 4) is 5.75 Å². The summed E-state index contributed by atoms with van der Waals surface area (Å²) in [5.41, 5.74) is 0.734. The maximum atomic E-state index is 12.4. The molecule has 0 radical (unpaired) electrons. The van der Waals surface area contributed by atoms with Crippen LogP contribution in [0, 0.1) is 0 Å². The molecule has 1 aliphatic heterocycles. The van der Waals surface area contributed by atoms with E-state index in [1.54, 1.807) is 7.11 Å². The van der Waals surface area contributed by atoms with Gasteiger partial charge in [-0.25, -0.2) is 0 Å². The number of amides is 1. The third kappa shape index (κ3) is 4.37. The molecule has 7 nitrogen and oxygen atoms in total. The van der Waals surface area contributed by atoms with Gasteiger partial charge in [0.1, 0.15) is 5.75 Å². The molecule has 144 valence electrons. The average molecular weight is 388 g/mol. The van der Waals surface area contributed by atoms with Gasteiger partial charge in [-0.05, 0) is 44.2 Å². The topological polar surface area (TPSA) is 72.3 Å². The van der Waals surface area contributed by atoms with Crippen LogP contribution in [-0.4, -0.2) is 46.6 Å². The normalized spacial score (nSPS) is 17.0. The van der Waals surface area contributed by atoms with E-state index in [0.717, 1.165) is 35.6 Å². The van der Waals surface area contributed by atoms with Crippen LogP contribution in [0.25, 0.3) is 0 Å². The van der Waals surface area contributed by atoms with Gasteiger partial charge < -0.3 is 15.0 Å². The van der Waals surface area contributed by atoms with Gasteiger partial charge in [-0.1, -0.05) is 17.8 Å². The highest BCUT2D eigenvalue weighted by Crippen LogP contribution is 2.41. The molecule has 2 heterocycles. The third-order valence-electron chi connectivity index (χ3n) is 4.88. The number of piperidine rings is 1. The molecule has 4 rings (SSSR count). The highest BCUT2D eigenvalue weighted by atomic mass is 32.2. The van der Waals surface area contributed by atoms with Crippen molar-refractivity contribution in [2.75, 3.05) is 36.2 Å². The zero-order chi connectivity index (χ0) is 18.6. The van der Waals surface area contributed by atoms with E-state index in [-0.39, 0.29) is 5.91 Å². The molecule has 1 amide bonds. The van der Waals surface area contributed by atoms with Crippen molar-refractivity contribution in [1.29, 1.82) is 0 Å². The molecule has 0 spiro atoms. The molecule has 27 heavy (non-hydrogen) atoms. The largest absolute Gasteiger partial charge is 0.497 e. The Morgan fingerprint density at radius 2 is 2.07 bits per heavy atom. The van der Waals surface area contributed by atoms with Gasteiger partial charge in [0.2, 0.25) is 11.9 Å². The molecule has 0 unspecified atom stereocenters. The van der Waals surface area contributed by atoms with Crippen LogP contribution in [0.5, 0.6) is 5.75 Å². The Morgan fingerprint density at radius 3 is 2.81 bits per heavy atom. The Balaban J connectivity index is 1.40. The molecule has 2 aromatic rings. The van der Waals surface area contributed by atoms with Crippen molar-refractivity contribution in [3.05, 3.63) is 24.3 Å². The highest BCUT2D eigenvalue weighted by molar-refractivity contribution is 7.99. The van der Waals surface area contributed by atoms with E-state index in [1.807, 2.05) is 24.3 Å². The van der Waals surface area contributed by atoms with Gasteiger partial charge in [-0.3, -0.25) is 9.36 Å². The lowest BCUT2D eigenvalue weighted by Gasteiger charge is -2.27. The lowest BCUT2D eigenvalue weighted by molar-refractivity contribution is -0.113. The Bertz CT molecular complexity index is 799. The SMILES string of the molecule is COc1cccc(NC(=O)CSc2nnc(N3CCCCC3)n2C2CC2)c1. The molecule has 2 fully saturated rings. The highest BCUT2D eigenvalue weighted by Gasteiger charge is 2.32. The summed E-state index contributed by atoms with van der Waals surface area (Å²) in [5.74, 6) is 1.95. The Kier molecular flexibility index (Phi) is 5.52. The van der Waals surface area contributed by atoms with E-state index in [2.05, 4.69) is 25.0 Å². The van der Waals surface area contributed by atoms with Gasteiger partial charge in [0, 0.05) is 30.9 Å². The molecular formula is C19H25N5O2S. The van der Waals surface area contributed by atoms with Crippen LogP contribution in [0.4, 0.5) is 11.6 Å². The summed E-state index contributed by atoms with van der Waals surface area (Å²) >= 11 is 1.46. The summed E-state index contributed by atoms with van der Waals surface area (Å²) in [6.45, 7) is 2.09. The summed E-state index contributed by atoms with van der Waals surface area (Å²) in [4.78, 5) is 14.7. The summed E-state index contributed by atoms with van der Waals surface area (Å²) in [6, 6.07) is 7.86. The summed E-state index contributed by atoms with van der Waals surface area (Å²) < 4.78 is 7.44. The lowest BCUT2D eigenvalue weighted by atomic mass is 10.1. The Hall–Kier alpha value is -2.22. The maximum Gasteiger partial charge on any atom is 0.234 e. The van der Waals surface area contributed by atoms with E-state index < -0.39 is 0 Å². The quantitative estimate of drug-likeness (QED) is 0.735. The minimum atomic E-state index is -0.0573. The van der Waals surface area contributed by atoms with E-state index in [4.69, 9.17) is 4.74 Å². The number of thioether (sulfide) groups is 1. The number of methoxy groups -OCH3 is 1. The van der Waals surface area contributed by atoms with Gasteiger partial charge >= 0.3 is 0 Å². The fourth-order valence-electron chi connectivity index (χ4n) is 3.36. The molecule has 1 saturated carbocycles. The van der Waals surface area contributed by atoms with Crippen molar-refractivity contribution < 1.29 is 9.53 Å². The third-order valence-corrected chi connectivity index (χ3v) is 5.83. The molecule has 0 bridgehead atoms. The van der Waals surface area contributed by atoms with Crippen LogP contribution >= 0.6 is 11.8 Å². The lowest BCUT2D eigenvalue weighted by Crippen LogP contribution is -2.32. The van der Waals surface area contributed by atoms with Gasteiger partial charge in [-0.2, -0.15) is 0 Å². The van der Waals surface area contributed by atoms with Crippen LogP contribution in [0.15, 0.2) is 29.4 Å². The van der Waals surface area contributed by atoms with E-state index in [0.29, 0.717) is 11.8 Å². The van der Waals surface area contributed by atoms with E-state index in [9.17, 15) is 4.79 Å². The second-order valence-electron chi connectivity index (χ2n) is 7.00. The summed E-state index contributed by atoms with van der Waals surface area (Å²) in [6.07, 6.45) is 6.05. The van der Waals surface area contributed by atoms with Crippen molar-refractivity contribution in [1.82, 2.24) is 14.8 Å². The first-order chi connectivity index (χ1) is 13.2. The number of aromatic nitrogens is 3. The van der Waals surface area contributed by atoms with Crippen LogP contribution in [0.3, 0.4) is 0 Å². The molecule has 2 aliphatic rings. The summed E-state index contributed by atoms with van der Waals surface area (Å²) in [5, 5.41) is 12.6. The molecule has 1 aliphatic carbocycles. The van der Waals surface area contributed by atoms with Crippen LogP contribution in [-0.2, 0) is 4.79 Å². The average Bonchev–Trinajstić information content (AvgIpc) is 3.46. The van der Waals surface area contributed by atoms with Gasteiger partial charge in [0.05, 0.1) is 12.9 Å². The molecule has 1 aromatic heterocycles. The zero-order valence-corrected chi connectivity index (χ0v) is 16.4. The fraction of sp³-hybridized carbons (Fsp3) is 0.526. The predicted octanol–water partition coefficient (Wildman–Crippen LogP) is 3.34. The first-order valence-corrected chi connectivity index (χ1v) is 10.5. The van der Waals surface area contributed by atoms with Gasteiger partial charge in [0.25, 0.3) is 0 Å². The zero-order valence-electron chi connectivity index (χ0n) is 15.6. The number of carbonyl (C=O) groups is 1. The number of rotatable bonds is 7. The second kappa shape index (κ2) is 8.21. The number of ether oxygens (including phenoxy) is 1. The van der Waals surface area contributed by atoms with Crippen LogP contribution < -0.4 is 15.0 Å². The number of benzene rings is 1. The number of hydrogen-bond acceptors (Lipinski definition) is 6. The van der Waals surface area contributed by atoms with Crippen LogP contribution in [0.1, 0.15) is 38.1 Å². The molecule has 1 aromatic carbocycles. The first kappa shape index (κ1) is 18.2. The standard InChI is InChI=1S/C19H25N5O2S/c1-26-16-7-5-6-14(12-16)20-17(25)13-27-19-22-21-18(24(19)15-8-9-15)23-10-3-2-4-11-23/h5-7,12,15H,2-4,8-11,13H2,1H3,(H,20,25). The number of nitrogens with zero attached hydrogens (tertiary/aromatic N) is 4. The monoisotopic (exact) mass is 387 g/mol. The Morgan fingerprint density at radius 1 is 1.26 bits per heavy atom. The van der Waals surface area contributed by atoms with Crippen molar-refractivity contribution in [2.24, 2.45) is 0 Å². The number of hydrogen-bond donors (Lipinski definition) is 1. The molecule has 0 atom stereocenters. The van der Waals surface area contributed by atoms with Gasteiger partial charge in [-0.15, -0.1) is 10.2 Å². The van der Waals surface area contributed by atoms with E-state index >= 15 is 0 Å². The van der Waals surface area contributed by atoms with E-state index in [1.165, 1.54) is 43.9 Å². The smallest absolute Gasteiger partial charge is 0.234 e. The number of nitrogens with one attached hydrogen (secondary N) is 1. The van der Waals surface area contributed by atoms with Crippen LogP contribution in [0.2, 0.25) is 0 Å². The molecule has 8 heteroatoms. The maximum absolute atomic E-state index is 12.4. The second-order valence-corrected chi connectivity index (χ2v) is 7.94. The fourth-order valence-corrected chi connectivity index (χ4v) is 4.16. The minimum absolute atomic E-state index is 0.0573. The van der Waals surface area contributed by atoms with Crippen molar-refractivity contribution >= 4 is 29.3 Å². The predicted molar refractivity (Wildman–Crippen MR) is 107 cm³/mol. The van der Waals surface area contributed by atoms with Crippen molar-refractivity contribution in [3.63, 3.8) is 0 Å². The molecular weight excluding hydrogens is 362 g/mol. The number of carbonyl (C=O) groups excluding carboxylic acids is 1. The van der Waals surface area contributed by atoms with Gasteiger partial charge in [0.15, 0.2) is 5.16 Å². The van der Waals surface area contributed by atoms with Crippen molar-refractivity contribution in [2.45, 2.75) is 43.3 Å². The minimum Gasteiger partial charge on any atom is -0.497 e. The first-order valence-electron chi connectivity index (χ1n) is 9.51. The number of anilines is 2. The summed E-state index contributed by atoms with van der Waals surface area (Å²) in [7, 11) is 1.61. The molecule has 1 saturated heterocycles. The Labute approximate surface area is 163 Å². The molecule has 1 N–H and O–H groups in total.